The van der Waals surface area contributed by atoms with E-state index in [-0.39, 0.29) is 36.3 Å². The molecule has 0 aromatic heterocycles. The predicted octanol–water partition coefficient (Wildman–Crippen LogP) is 3.36. The van der Waals surface area contributed by atoms with Gasteiger partial charge in [-0.05, 0) is 29.7 Å². The molecule has 150 valence electrons. The summed E-state index contributed by atoms with van der Waals surface area (Å²) in [5.41, 5.74) is 1.14. The van der Waals surface area contributed by atoms with Crippen molar-refractivity contribution in [3.05, 3.63) is 65.2 Å². The van der Waals surface area contributed by atoms with Gasteiger partial charge < -0.3 is 15.0 Å². The number of nitrogens with one attached hydrogen (secondary N) is 1. The topological polar surface area (TPSA) is 41.6 Å². The first-order chi connectivity index (χ1) is 13.1. The molecule has 0 unspecified atom stereocenters. The molecular weight excluding hydrogens is 386 g/mol. The van der Waals surface area contributed by atoms with Gasteiger partial charge in [-0.2, -0.15) is 0 Å². The van der Waals surface area contributed by atoms with Crippen LogP contribution in [0.3, 0.4) is 0 Å². The third-order valence-electron chi connectivity index (χ3n) is 5.72. The van der Waals surface area contributed by atoms with E-state index in [2.05, 4.69) is 5.32 Å². The van der Waals surface area contributed by atoms with Crippen molar-refractivity contribution in [1.82, 2.24) is 10.2 Å². The molecule has 0 saturated carbocycles. The zero-order valence-electron chi connectivity index (χ0n) is 15.5. The summed E-state index contributed by atoms with van der Waals surface area (Å²) in [5, 5.41) is 3.40. The highest BCUT2D eigenvalue weighted by Gasteiger charge is 2.46. The lowest BCUT2D eigenvalue weighted by molar-refractivity contribution is -0.132. The number of hydrogen-bond acceptors (Lipinski definition) is 3. The van der Waals surface area contributed by atoms with E-state index in [0.29, 0.717) is 18.4 Å². The van der Waals surface area contributed by atoms with Crippen LogP contribution in [0.1, 0.15) is 17.2 Å². The van der Waals surface area contributed by atoms with Crippen LogP contribution >= 0.6 is 12.4 Å². The summed E-state index contributed by atoms with van der Waals surface area (Å²) >= 11 is 0. The molecule has 3 atom stereocenters. The molecule has 2 heterocycles. The normalized spacial score (nSPS) is 23.2. The van der Waals surface area contributed by atoms with E-state index < -0.39 is 11.6 Å². The standard InChI is InChI=1S/C21H22F2N2O2.ClH/c1-27-16-7-5-13(6-8-16)21-17-11-24-10-15(17)12-25(21)19(26)9-14-3-2-4-18(22)20(14)23;/h2-8,15,17,21,24H,9-12H2,1H3;1H/t15-,17-,21+;/m0./s1. The summed E-state index contributed by atoms with van der Waals surface area (Å²) in [6.45, 7) is 2.35. The van der Waals surface area contributed by atoms with Crippen molar-refractivity contribution in [2.24, 2.45) is 11.8 Å². The molecule has 28 heavy (non-hydrogen) atoms. The van der Waals surface area contributed by atoms with Gasteiger partial charge in [0.25, 0.3) is 0 Å². The average molecular weight is 409 g/mol. The minimum absolute atomic E-state index is 0. The monoisotopic (exact) mass is 408 g/mol. The van der Waals surface area contributed by atoms with E-state index in [9.17, 15) is 13.6 Å². The van der Waals surface area contributed by atoms with Gasteiger partial charge >= 0.3 is 0 Å². The van der Waals surface area contributed by atoms with Crippen molar-refractivity contribution in [1.29, 1.82) is 0 Å². The molecule has 4 nitrogen and oxygen atoms in total. The molecule has 0 bridgehead atoms. The number of nitrogens with zero attached hydrogens (tertiary/aromatic N) is 1. The second-order valence-corrected chi connectivity index (χ2v) is 7.24. The Morgan fingerprint density at radius 1 is 1.18 bits per heavy atom. The number of ether oxygens (including phenoxy) is 1. The molecule has 0 aliphatic carbocycles. The van der Waals surface area contributed by atoms with Gasteiger partial charge in [-0.1, -0.05) is 24.3 Å². The Bertz CT molecular complexity index is 847. The number of rotatable bonds is 4. The van der Waals surface area contributed by atoms with Crippen LogP contribution in [0.5, 0.6) is 5.75 Å². The maximum atomic E-state index is 14.0. The zero-order chi connectivity index (χ0) is 19.0. The summed E-state index contributed by atoms with van der Waals surface area (Å²) in [5.74, 6) is -0.576. The van der Waals surface area contributed by atoms with Crippen molar-refractivity contribution >= 4 is 18.3 Å². The first-order valence-corrected chi connectivity index (χ1v) is 9.15. The molecule has 2 aliphatic rings. The number of halogens is 3. The van der Waals surface area contributed by atoms with Crippen molar-refractivity contribution in [2.45, 2.75) is 12.5 Å². The number of likely N-dealkylation sites (tertiary alicyclic amines) is 1. The number of carbonyl (C=O) groups is 1. The maximum Gasteiger partial charge on any atom is 0.227 e. The van der Waals surface area contributed by atoms with Crippen molar-refractivity contribution in [3.8, 4) is 5.75 Å². The first-order valence-electron chi connectivity index (χ1n) is 9.15. The van der Waals surface area contributed by atoms with Crippen LogP contribution in [0.2, 0.25) is 0 Å². The van der Waals surface area contributed by atoms with Crippen LogP contribution in [0.4, 0.5) is 8.78 Å². The van der Waals surface area contributed by atoms with Crippen LogP contribution in [0, 0.1) is 23.5 Å². The van der Waals surface area contributed by atoms with Gasteiger partial charge in [0, 0.05) is 31.1 Å². The molecule has 2 fully saturated rings. The first kappa shape index (κ1) is 20.6. The molecule has 2 aromatic rings. The lowest BCUT2D eigenvalue weighted by Crippen LogP contribution is -2.35. The van der Waals surface area contributed by atoms with E-state index in [4.69, 9.17) is 4.74 Å². The van der Waals surface area contributed by atoms with Gasteiger partial charge in [0.2, 0.25) is 5.91 Å². The summed E-state index contributed by atoms with van der Waals surface area (Å²) < 4.78 is 32.7. The van der Waals surface area contributed by atoms with Crippen LogP contribution in [0.15, 0.2) is 42.5 Å². The molecular formula is C21H23ClF2N2O2. The van der Waals surface area contributed by atoms with Gasteiger partial charge in [0.15, 0.2) is 11.6 Å². The minimum atomic E-state index is -0.937. The van der Waals surface area contributed by atoms with Gasteiger partial charge in [-0.3, -0.25) is 4.79 Å². The quantitative estimate of drug-likeness (QED) is 0.843. The highest BCUT2D eigenvalue weighted by molar-refractivity contribution is 5.85. The van der Waals surface area contributed by atoms with E-state index in [0.717, 1.165) is 30.5 Å². The summed E-state index contributed by atoms with van der Waals surface area (Å²) in [6, 6.07) is 11.6. The zero-order valence-corrected chi connectivity index (χ0v) is 16.3. The van der Waals surface area contributed by atoms with E-state index in [1.165, 1.54) is 12.1 Å². The number of carbonyl (C=O) groups excluding carboxylic acids is 1. The van der Waals surface area contributed by atoms with Gasteiger partial charge in [-0.15, -0.1) is 12.4 Å². The molecule has 1 N–H and O–H groups in total. The summed E-state index contributed by atoms with van der Waals surface area (Å²) in [7, 11) is 1.62. The highest BCUT2D eigenvalue weighted by Crippen LogP contribution is 2.43. The number of benzene rings is 2. The van der Waals surface area contributed by atoms with Crippen LogP contribution in [0.25, 0.3) is 0 Å². The number of methoxy groups -OCH3 is 1. The van der Waals surface area contributed by atoms with Crippen molar-refractivity contribution in [2.75, 3.05) is 26.7 Å². The fraction of sp³-hybridized carbons (Fsp3) is 0.381. The van der Waals surface area contributed by atoms with Crippen LogP contribution < -0.4 is 10.1 Å². The smallest absolute Gasteiger partial charge is 0.227 e. The molecule has 4 rings (SSSR count). The Kier molecular flexibility index (Phi) is 6.20. The second-order valence-electron chi connectivity index (χ2n) is 7.24. The third kappa shape index (κ3) is 3.71. The molecule has 2 aromatic carbocycles. The van der Waals surface area contributed by atoms with E-state index in [1.807, 2.05) is 29.2 Å². The molecule has 0 spiro atoms. The Labute approximate surface area is 169 Å². The molecule has 2 saturated heterocycles. The number of amides is 1. The lowest BCUT2D eigenvalue weighted by Gasteiger charge is -2.29. The molecule has 7 heteroatoms. The molecule has 0 radical (unpaired) electrons. The largest absolute Gasteiger partial charge is 0.497 e. The summed E-state index contributed by atoms with van der Waals surface area (Å²) in [4.78, 5) is 14.8. The van der Waals surface area contributed by atoms with Gasteiger partial charge in [0.1, 0.15) is 5.75 Å². The average Bonchev–Trinajstić information content (AvgIpc) is 3.26. The van der Waals surface area contributed by atoms with Gasteiger partial charge in [-0.25, -0.2) is 8.78 Å². The number of hydrogen-bond donors (Lipinski definition) is 1. The SMILES string of the molecule is COc1ccc([C@@H]2[C@H]3CNC[C@H]3CN2C(=O)Cc2cccc(F)c2F)cc1.Cl. The number of fused-ring (bicyclic) bond motifs is 1. The van der Waals surface area contributed by atoms with Crippen LogP contribution in [-0.2, 0) is 11.2 Å². The van der Waals surface area contributed by atoms with Crippen LogP contribution in [-0.4, -0.2) is 37.6 Å². The lowest BCUT2D eigenvalue weighted by atomic mass is 9.89. The Hall–Kier alpha value is -2.18. The second kappa shape index (κ2) is 8.45. The molecule has 2 aliphatic heterocycles. The summed E-state index contributed by atoms with van der Waals surface area (Å²) in [6.07, 6.45) is -0.136. The Balaban J connectivity index is 0.00000225. The Morgan fingerprint density at radius 2 is 1.93 bits per heavy atom. The van der Waals surface area contributed by atoms with Crippen molar-refractivity contribution < 1.29 is 18.3 Å². The highest BCUT2D eigenvalue weighted by atomic mass is 35.5. The fourth-order valence-electron chi connectivity index (χ4n) is 4.35. The van der Waals surface area contributed by atoms with E-state index in [1.54, 1.807) is 7.11 Å². The molecule has 1 amide bonds. The predicted molar refractivity (Wildman–Crippen MR) is 105 cm³/mol. The van der Waals surface area contributed by atoms with Crippen molar-refractivity contribution in [3.63, 3.8) is 0 Å². The third-order valence-corrected chi connectivity index (χ3v) is 5.72. The minimum Gasteiger partial charge on any atom is -0.497 e. The maximum absolute atomic E-state index is 14.0. The Morgan fingerprint density at radius 3 is 2.64 bits per heavy atom. The fourth-order valence-corrected chi connectivity index (χ4v) is 4.35. The van der Waals surface area contributed by atoms with E-state index >= 15 is 0 Å². The van der Waals surface area contributed by atoms with Gasteiger partial charge in [0.05, 0.1) is 19.6 Å².